The summed E-state index contributed by atoms with van der Waals surface area (Å²) in [5, 5.41) is 9.08. The van der Waals surface area contributed by atoms with Crippen LogP contribution in [0.4, 0.5) is 0 Å². The van der Waals surface area contributed by atoms with E-state index >= 15 is 0 Å². The van der Waals surface area contributed by atoms with Crippen molar-refractivity contribution in [3.05, 3.63) is 99.9 Å². The maximum absolute atomic E-state index is 12.4. The van der Waals surface area contributed by atoms with Gasteiger partial charge < -0.3 is 10.8 Å². The lowest BCUT2D eigenvalue weighted by atomic mass is 9.89. The van der Waals surface area contributed by atoms with Crippen molar-refractivity contribution >= 4 is 34.6 Å². The van der Waals surface area contributed by atoms with Gasteiger partial charge in [0.2, 0.25) is 0 Å². The first kappa shape index (κ1) is 45.6. The average Bonchev–Trinajstić information content (AvgIpc) is 3.63. The molecule has 0 spiro atoms. The molecular weight excluding hydrogens is 628 g/mol. The zero-order valence-electron chi connectivity index (χ0n) is 32.2. The fourth-order valence-corrected chi connectivity index (χ4v) is 5.93. The van der Waals surface area contributed by atoms with Gasteiger partial charge in [0.25, 0.3) is 0 Å². The number of aliphatic carboxylic acids is 1. The second-order valence-electron chi connectivity index (χ2n) is 12.6. The Balaban J connectivity index is 0.000000925. The molecule has 2 aromatic carbocycles. The lowest BCUT2D eigenvalue weighted by Crippen LogP contribution is -2.18. The molecule has 1 atom stereocenters. The summed E-state index contributed by atoms with van der Waals surface area (Å²) in [6.07, 6.45) is 11.7. The minimum atomic E-state index is -0.742. The van der Waals surface area contributed by atoms with E-state index < -0.39 is 5.97 Å². The third kappa shape index (κ3) is 17.2. The van der Waals surface area contributed by atoms with Crippen molar-refractivity contribution < 1.29 is 14.7 Å². The van der Waals surface area contributed by atoms with Gasteiger partial charge in [-0.05, 0) is 78.5 Å². The molecule has 0 bridgehead atoms. The van der Waals surface area contributed by atoms with E-state index in [1.807, 2.05) is 90.1 Å². The Bertz CT molecular complexity index is 1380. The van der Waals surface area contributed by atoms with Crippen LogP contribution >= 0.6 is 11.6 Å². The van der Waals surface area contributed by atoms with Gasteiger partial charge in [-0.1, -0.05) is 148 Å². The molecule has 0 aromatic heterocycles. The van der Waals surface area contributed by atoms with Gasteiger partial charge in [0.1, 0.15) is 11.6 Å². The summed E-state index contributed by atoms with van der Waals surface area (Å²) >= 11 is 6.19. The molecule has 1 aliphatic carbocycles. The summed E-state index contributed by atoms with van der Waals surface area (Å²) in [4.78, 5) is 27.2. The standard InChI is InChI=1S/C25H35ClN2O.C9H10O2.C7H14.C2H6/c1-9-11-16(5)24(18(7)23(29)10-2)25(27)28-19(8)17(6)21-13-12-20(26)14-22(21)15(3)4;10-9(11)7-6-8-4-2-1-3-5-8;1-2-7-5-3-4-6-7;1-2/h11-15,18H,6,9-10,27H2,1-5,7-8H3;1-5H,6-7H2,(H,10,11);7H,2-6H2,1H3;1-2H3/b16-11+,25-24+,28-19+;;;. The Morgan fingerprint density at radius 1 is 1.02 bits per heavy atom. The molecule has 6 heteroatoms. The molecule has 0 aliphatic heterocycles. The van der Waals surface area contributed by atoms with Gasteiger partial charge in [-0.25, -0.2) is 4.99 Å². The topological polar surface area (TPSA) is 92.8 Å². The molecular formula is C43H65ClN2O3. The van der Waals surface area contributed by atoms with Crippen LogP contribution in [-0.4, -0.2) is 22.6 Å². The number of benzene rings is 2. The summed E-state index contributed by atoms with van der Waals surface area (Å²) in [5.41, 5.74) is 13.0. The number of halogens is 1. The van der Waals surface area contributed by atoms with E-state index in [9.17, 15) is 9.59 Å². The van der Waals surface area contributed by atoms with E-state index in [0.29, 0.717) is 29.6 Å². The number of carbonyl (C=O) groups excluding carboxylic acids is 1. The van der Waals surface area contributed by atoms with Gasteiger partial charge in [0.15, 0.2) is 0 Å². The molecule has 2 aromatic rings. The molecule has 49 heavy (non-hydrogen) atoms. The smallest absolute Gasteiger partial charge is 0.303 e. The summed E-state index contributed by atoms with van der Waals surface area (Å²) < 4.78 is 0. The van der Waals surface area contributed by atoms with Gasteiger partial charge in [0, 0.05) is 35.1 Å². The van der Waals surface area contributed by atoms with Crippen molar-refractivity contribution in [2.45, 2.75) is 133 Å². The molecule has 3 N–H and O–H groups in total. The summed E-state index contributed by atoms with van der Waals surface area (Å²) in [7, 11) is 0. The van der Waals surface area contributed by atoms with Crippen LogP contribution in [0.15, 0.2) is 83.1 Å². The van der Waals surface area contributed by atoms with Crippen molar-refractivity contribution in [2.75, 3.05) is 0 Å². The van der Waals surface area contributed by atoms with Gasteiger partial charge >= 0.3 is 5.97 Å². The normalized spacial score (nSPS) is 14.3. The van der Waals surface area contributed by atoms with Crippen LogP contribution in [0.2, 0.25) is 5.02 Å². The van der Waals surface area contributed by atoms with Gasteiger partial charge in [-0.3, -0.25) is 9.59 Å². The number of carbonyl (C=O) groups is 2. The molecule has 1 fully saturated rings. The molecule has 272 valence electrons. The van der Waals surface area contributed by atoms with E-state index in [4.69, 9.17) is 22.4 Å². The summed E-state index contributed by atoms with van der Waals surface area (Å²) in [6, 6.07) is 15.4. The third-order valence-electron chi connectivity index (χ3n) is 8.68. The largest absolute Gasteiger partial charge is 0.481 e. The maximum Gasteiger partial charge on any atom is 0.303 e. The van der Waals surface area contributed by atoms with Crippen molar-refractivity contribution in [3.8, 4) is 0 Å². The second-order valence-corrected chi connectivity index (χ2v) is 13.1. The third-order valence-corrected chi connectivity index (χ3v) is 8.92. The number of Topliss-reactive ketones (excluding diaryl/α,β-unsaturated/α-hetero) is 1. The lowest BCUT2D eigenvalue weighted by molar-refractivity contribution is -0.137. The molecule has 1 unspecified atom stereocenters. The number of ketones is 1. The average molecular weight is 693 g/mol. The number of hydrogen-bond acceptors (Lipinski definition) is 4. The number of hydrogen-bond donors (Lipinski definition) is 2. The SMILES string of the molecule is C=C(/C(C)=N/C(N)=C(\C(C)=C\CC)C(C)C(=O)CC)c1ccc(Cl)cc1C(C)C.CC.CCC1CCCC1.O=C(O)CCc1ccccc1. The minimum Gasteiger partial charge on any atom is -0.481 e. The molecule has 5 nitrogen and oxygen atoms in total. The molecule has 1 saturated carbocycles. The van der Waals surface area contributed by atoms with Crippen LogP contribution < -0.4 is 5.73 Å². The monoisotopic (exact) mass is 692 g/mol. The minimum absolute atomic E-state index is 0.151. The number of rotatable bonds is 13. The summed E-state index contributed by atoms with van der Waals surface area (Å²) in [6.45, 7) is 24.5. The molecule has 0 heterocycles. The van der Waals surface area contributed by atoms with Gasteiger partial charge in [-0.15, -0.1) is 0 Å². The fraction of sp³-hybridized carbons (Fsp3) is 0.512. The first-order valence-electron chi connectivity index (χ1n) is 18.3. The number of nitrogens with zero attached hydrogens (tertiary/aromatic N) is 1. The van der Waals surface area contributed by atoms with Crippen LogP contribution in [0.5, 0.6) is 0 Å². The number of nitrogens with two attached hydrogens (primary N) is 1. The van der Waals surface area contributed by atoms with E-state index in [-0.39, 0.29) is 18.1 Å². The Morgan fingerprint density at radius 2 is 1.61 bits per heavy atom. The highest BCUT2D eigenvalue weighted by Crippen LogP contribution is 2.30. The first-order valence-corrected chi connectivity index (χ1v) is 18.6. The van der Waals surface area contributed by atoms with Crippen molar-refractivity contribution in [3.63, 3.8) is 0 Å². The van der Waals surface area contributed by atoms with Crippen LogP contribution in [-0.2, 0) is 16.0 Å². The zero-order valence-corrected chi connectivity index (χ0v) is 32.9. The number of allylic oxidation sites excluding steroid dienone is 4. The highest BCUT2D eigenvalue weighted by Gasteiger charge is 2.21. The quantitative estimate of drug-likeness (QED) is 0.161. The molecule has 1 aliphatic rings. The van der Waals surface area contributed by atoms with Gasteiger partial charge in [0.05, 0.1) is 0 Å². The Labute approximate surface area is 303 Å². The second kappa shape index (κ2) is 25.5. The van der Waals surface area contributed by atoms with Crippen LogP contribution in [0.25, 0.3) is 5.57 Å². The molecule has 3 rings (SSSR count). The lowest BCUT2D eigenvalue weighted by Gasteiger charge is -2.18. The molecule has 0 amide bonds. The van der Waals surface area contributed by atoms with Crippen LogP contribution in [0, 0.1) is 11.8 Å². The number of aryl methyl sites for hydroxylation is 1. The fourth-order valence-electron chi connectivity index (χ4n) is 5.75. The molecule has 0 radical (unpaired) electrons. The van der Waals surface area contributed by atoms with E-state index in [2.05, 4.69) is 45.3 Å². The number of aliphatic imine (C=N–C) groups is 1. The predicted molar refractivity (Wildman–Crippen MR) is 213 cm³/mol. The predicted octanol–water partition coefficient (Wildman–Crippen LogP) is 12.4. The summed E-state index contributed by atoms with van der Waals surface area (Å²) in [5.74, 6) is 0.885. The van der Waals surface area contributed by atoms with E-state index in [1.165, 1.54) is 32.1 Å². The number of carboxylic acids is 1. The molecule has 0 saturated heterocycles. The first-order chi connectivity index (χ1) is 23.3. The number of carboxylic acid groups (broad SMARTS) is 1. The van der Waals surface area contributed by atoms with E-state index in [1.54, 1.807) is 0 Å². The van der Waals surface area contributed by atoms with Crippen molar-refractivity contribution in [2.24, 2.45) is 22.6 Å². The zero-order chi connectivity index (χ0) is 37.5. The van der Waals surface area contributed by atoms with Gasteiger partial charge in [-0.2, -0.15) is 0 Å². The Kier molecular flexibility index (Phi) is 23.7. The highest BCUT2D eigenvalue weighted by molar-refractivity contribution is 6.31. The maximum atomic E-state index is 12.4. The van der Waals surface area contributed by atoms with Crippen molar-refractivity contribution in [1.82, 2.24) is 0 Å². The van der Waals surface area contributed by atoms with Crippen LogP contribution in [0.3, 0.4) is 0 Å². The van der Waals surface area contributed by atoms with Crippen LogP contribution in [0.1, 0.15) is 143 Å². The Morgan fingerprint density at radius 3 is 2.08 bits per heavy atom. The Hall–Kier alpha value is -3.44. The van der Waals surface area contributed by atoms with E-state index in [0.717, 1.165) is 51.5 Å². The van der Waals surface area contributed by atoms with Crippen molar-refractivity contribution in [1.29, 1.82) is 0 Å². The highest BCUT2D eigenvalue weighted by atomic mass is 35.5.